The van der Waals surface area contributed by atoms with Gasteiger partial charge in [-0.25, -0.2) is 4.68 Å². The van der Waals surface area contributed by atoms with E-state index in [0.29, 0.717) is 29.4 Å². The molecular formula is C16H18ClN5O2. The molecule has 24 heavy (non-hydrogen) atoms. The van der Waals surface area contributed by atoms with E-state index < -0.39 is 0 Å². The fourth-order valence-electron chi connectivity index (χ4n) is 2.89. The van der Waals surface area contributed by atoms with Crippen LogP contribution in [0.3, 0.4) is 0 Å². The molecule has 8 heteroatoms. The van der Waals surface area contributed by atoms with Crippen LogP contribution in [0.2, 0.25) is 5.02 Å². The maximum atomic E-state index is 12.7. The van der Waals surface area contributed by atoms with E-state index in [1.807, 2.05) is 10.9 Å². The van der Waals surface area contributed by atoms with Crippen molar-refractivity contribution >= 4 is 29.1 Å². The molecule has 3 rings (SSSR count). The molecule has 1 aliphatic rings. The Kier molecular flexibility index (Phi) is 4.80. The number of anilines is 1. The molecule has 2 heterocycles. The maximum Gasteiger partial charge on any atom is 0.255 e. The van der Waals surface area contributed by atoms with Gasteiger partial charge < -0.3 is 10.2 Å². The molecule has 1 N–H and O–H groups in total. The number of aromatic nitrogens is 3. The molecule has 2 amide bonds. The number of piperidine rings is 1. The van der Waals surface area contributed by atoms with Gasteiger partial charge in [-0.15, -0.1) is 5.10 Å². The molecule has 1 aromatic heterocycles. The molecule has 0 aliphatic carbocycles. The fourth-order valence-corrected chi connectivity index (χ4v) is 3.08. The Bertz CT molecular complexity index is 739. The number of hydrogen-bond acceptors (Lipinski definition) is 4. The topological polar surface area (TPSA) is 80.1 Å². The molecule has 0 bridgehead atoms. The second-order valence-corrected chi connectivity index (χ2v) is 6.19. The van der Waals surface area contributed by atoms with Gasteiger partial charge in [-0.1, -0.05) is 16.8 Å². The van der Waals surface area contributed by atoms with Crippen LogP contribution in [-0.2, 0) is 4.79 Å². The summed E-state index contributed by atoms with van der Waals surface area (Å²) >= 11 is 6.17. The van der Waals surface area contributed by atoms with Gasteiger partial charge in [0.25, 0.3) is 5.91 Å². The zero-order valence-corrected chi connectivity index (χ0v) is 14.0. The molecule has 126 valence electrons. The van der Waals surface area contributed by atoms with Crippen molar-refractivity contribution in [2.24, 2.45) is 0 Å². The number of hydrogen-bond donors (Lipinski definition) is 1. The summed E-state index contributed by atoms with van der Waals surface area (Å²) in [6.45, 7) is 2.68. The quantitative estimate of drug-likeness (QED) is 0.924. The minimum Gasteiger partial charge on any atom is -0.338 e. The summed E-state index contributed by atoms with van der Waals surface area (Å²) in [5.74, 6) is -0.311. The van der Waals surface area contributed by atoms with Crippen LogP contribution in [0, 0.1) is 0 Å². The molecule has 0 saturated carbocycles. The number of carbonyl (C=O) groups is 2. The van der Waals surface area contributed by atoms with Crippen LogP contribution >= 0.6 is 11.6 Å². The monoisotopic (exact) mass is 347 g/mol. The average Bonchev–Trinajstić information content (AvgIpc) is 3.10. The summed E-state index contributed by atoms with van der Waals surface area (Å²) in [4.78, 5) is 25.7. The van der Waals surface area contributed by atoms with Crippen LogP contribution in [0.25, 0.3) is 0 Å². The Morgan fingerprint density at radius 2 is 2.04 bits per heavy atom. The van der Waals surface area contributed by atoms with Gasteiger partial charge in [0, 0.05) is 31.9 Å². The summed E-state index contributed by atoms with van der Waals surface area (Å²) in [5, 5.41) is 10.9. The molecule has 7 nitrogen and oxygen atoms in total. The van der Waals surface area contributed by atoms with Crippen LogP contribution in [0.5, 0.6) is 0 Å². The van der Waals surface area contributed by atoms with Gasteiger partial charge in [-0.2, -0.15) is 0 Å². The van der Waals surface area contributed by atoms with E-state index in [1.165, 1.54) is 6.92 Å². The number of rotatable bonds is 3. The standard InChI is InChI=1S/C16H18ClN5O2/c1-11(23)19-12-2-3-15(17)14(10-12)16(24)21-7-4-13(5-8-21)22-9-6-18-20-22/h2-3,6,9-10,13H,4-5,7-8H2,1H3,(H,19,23). The van der Waals surface area contributed by atoms with Gasteiger partial charge in [-0.3, -0.25) is 9.59 Å². The van der Waals surface area contributed by atoms with E-state index in [2.05, 4.69) is 15.6 Å². The lowest BCUT2D eigenvalue weighted by molar-refractivity contribution is -0.114. The Hall–Kier alpha value is -2.41. The van der Waals surface area contributed by atoms with E-state index >= 15 is 0 Å². The second kappa shape index (κ2) is 7.00. The summed E-state index contributed by atoms with van der Waals surface area (Å²) < 4.78 is 1.84. The summed E-state index contributed by atoms with van der Waals surface area (Å²) in [6.07, 6.45) is 5.14. The van der Waals surface area contributed by atoms with Crippen LogP contribution in [0.1, 0.15) is 36.2 Å². The zero-order valence-electron chi connectivity index (χ0n) is 13.3. The zero-order chi connectivity index (χ0) is 17.1. The van der Waals surface area contributed by atoms with Crippen molar-refractivity contribution in [2.75, 3.05) is 18.4 Å². The third-order valence-electron chi connectivity index (χ3n) is 4.08. The minimum absolute atomic E-state index is 0.121. The lowest BCUT2D eigenvalue weighted by atomic mass is 10.0. The number of nitrogens with zero attached hydrogens (tertiary/aromatic N) is 4. The van der Waals surface area contributed by atoms with Crippen molar-refractivity contribution in [1.29, 1.82) is 0 Å². The van der Waals surface area contributed by atoms with Crippen LogP contribution in [0.15, 0.2) is 30.6 Å². The van der Waals surface area contributed by atoms with E-state index in [1.54, 1.807) is 29.3 Å². The molecular weight excluding hydrogens is 330 g/mol. The first kappa shape index (κ1) is 16.4. The summed E-state index contributed by atoms with van der Waals surface area (Å²) in [7, 11) is 0. The SMILES string of the molecule is CC(=O)Nc1ccc(Cl)c(C(=O)N2CCC(n3ccnn3)CC2)c1. The maximum absolute atomic E-state index is 12.7. The highest BCUT2D eigenvalue weighted by atomic mass is 35.5. The van der Waals surface area contributed by atoms with Gasteiger partial charge in [-0.05, 0) is 31.0 Å². The van der Waals surface area contributed by atoms with Crippen LogP contribution in [0.4, 0.5) is 5.69 Å². The molecule has 0 radical (unpaired) electrons. The Labute approximate surface area is 144 Å². The number of amides is 2. The fraction of sp³-hybridized carbons (Fsp3) is 0.375. The van der Waals surface area contributed by atoms with E-state index in [0.717, 1.165) is 12.8 Å². The third-order valence-corrected chi connectivity index (χ3v) is 4.41. The predicted octanol–water partition coefficient (Wildman–Crippen LogP) is 2.37. The molecule has 1 saturated heterocycles. The van der Waals surface area contributed by atoms with Gasteiger partial charge in [0.15, 0.2) is 0 Å². The lowest BCUT2D eigenvalue weighted by Crippen LogP contribution is -2.39. The van der Waals surface area contributed by atoms with Crippen molar-refractivity contribution in [1.82, 2.24) is 19.9 Å². The van der Waals surface area contributed by atoms with Crippen molar-refractivity contribution < 1.29 is 9.59 Å². The van der Waals surface area contributed by atoms with Gasteiger partial charge >= 0.3 is 0 Å². The van der Waals surface area contributed by atoms with Gasteiger partial charge in [0.2, 0.25) is 5.91 Å². The highest BCUT2D eigenvalue weighted by Crippen LogP contribution is 2.26. The molecule has 1 aliphatic heterocycles. The highest BCUT2D eigenvalue weighted by Gasteiger charge is 2.26. The van der Waals surface area contributed by atoms with Gasteiger partial charge in [0.05, 0.1) is 22.8 Å². The molecule has 2 aromatic rings. The Morgan fingerprint density at radius 1 is 1.29 bits per heavy atom. The molecule has 0 spiro atoms. The Morgan fingerprint density at radius 3 is 2.67 bits per heavy atom. The first-order chi connectivity index (χ1) is 11.5. The van der Waals surface area contributed by atoms with Crippen molar-refractivity contribution in [3.8, 4) is 0 Å². The van der Waals surface area contributed by atoms with Crippen LogP contribution < -0.4 is 5.32 Å². The van der Waals surface area contributed by atoms with Crippen molar-refractivity contribution in [2.45, 2.75) is 25.8 Å². The number of nitrogens with one attached hydrogen (secondary N) is 1. The molecule has 1 fully saturated rings. The lowest BCUT2D eigenvalue weighted by Gasteiger charge is -2.32. The normalized spacial score (nSPS) is 15.3. The summed E-state index contributed by atoms with van der Waals surface area (Å²) in [6, 6.07) is 5.19. The average molecular weight is 348 g/mol. The molecule has 0 atom stereocenters. The minimum atomic E-state index is -0.190. The smallest absolute Gasteiger partial charge is 0.255 e. The number of carbonyl (C=O) groups excluding carboxylic acids is 2. The molecule has 1 aromatic carbocycles. The van der Waals surface area contributed by atoms with E-state index in [9.17, 15) is 9.59 Å². The van der Waals surface area contributed by atoms with Crippen LogP contribution in [-0.4, -0.2) is 44.8 Å². The first-order valence-corrected chi connectivity index (χ1v) is 8.14. The second-order valence-electron chi connectivity index (χ2n) is 5.78. The predicted molar refractivity (Wildman–Crippen MR) is 90.0 cm³/mol. The first-order valence-electron chi connectivity index (χ1n) is 7.77. The number of halogens is 1. The Balaban J connectivity index is 1.70. The van der Waals surface area contributed by atoms with Crippen molar-refractivity contribution in [3.05, 3.63) is 41.2 Å². The highest BCUT2D eigenvalue weighted by molar-refractivity contribution is 6.34. The third kappa shape index (κ3) is 3.56. The molecule has 0 unspecified atom stereocenters. The van der Waals surface area contributed by atoms with Gasteiger partial charge in [0.1, 0.15) is 0 Å². The largest absolute Gasteiger partial charge is 0.338 e. The number of benzene rings is 1. The van der Waals surface area contributed by atoms with E-state index in [4.69, 9.17) is 11.6 Å². The summed E-state index contributed by atoms with van der Waals surface area (Å²) in [5.41, 5.74) is 0.967. The van der Waals surface area contributed by atoms with E-state index in [-0.39, 0.29) is 17.9 Å². The van der Waals surface area contributed by atoms with Crippen molar-refractivity contribution in [3.63, 3.8) is 0 Å². The number of likely N-dealkylation sites (tertiary alicyclic amines) is 1.